The normalized spacial score (nSPS) is 25.4. The Morgan fingerprint density at radius 1 is 1.38 bits per heavy atom. The van der Waals surface area contributed by atoms with Crippen LogP contribution >= 0.6 is 0 Å². The predicted octanol–water partition coefficient (Wildman–Crippen LogP) is 2.05. The van der Waals surface area contributed by atoms with E-state index in [-0.39, 0.29) is 0 Å². The fourth-order valence-corrected chi connectivity index (χ4v) is 3.19. The Bertz CT molecular complexity index is 428. The van der Waals surface area contributed by atoms with Crippen molar-refractivity contribution in [3.05, 3.63) is 11.9 Å². The lowest BCUT2D eigenvalue weighted by molar-refractivity contribution is 0.0877. The van der Waals surface area contributed by atoms with Crippen LogP contribution in [0.4, 0.5) is 0 Å². The van der Waals surface area contributed by atoms with Gasteiger partial charge in [-0.05, 0) is 18.3 Å². The molecule has 2 rings (SSSR count). The van der Waals surface area contributed by atoms with Gasteiger partial charge in [-0.25, -0.2) is 0 Å². The zero-order chi connectivity index (χ0) is 15.4. The number of hydrogen-bond donors (Lipinski definition) is 1. The molecule has 21 heavy (non-hydrogen) atoms. The van der Waals surface area contributed by atoms with Crippen LogP contribution in [0.1, 0.15) is 46.2 Å². The fourth-order valence-electron chi connectivity index (χ4n) is 3.19. The van der Waals surface area contributed by atoms with Crippen LogP contribution in [0.25, 0.3) is 0 Å². The van der Waals surface area contributed by atoms with Gasteiger partial charge in [0, 0.05) is 45.0 Å². The molecule has 120 valence electrons. The summed E-state index contributed by atoms with van der Waals surface area (Å²) in [6, 6.07) is 1.20. The number of rotatable bonds is 6. The van der Waals surface area contributed by atoms with Gasteiger partial charge in [-0.3, -0.25) is 9.58 Å². The second-order valence-electron chi connectivity index (χ2n) is 7.00. The molecular weight excluding hydrogens is 262 g/mol. The van der Waals surface area contributed by atoms with Crippen LogP contribution in [-0.4, -0.2) is 45.1 Å². The third-order valence-corrected chi connectivity index (χ3v) is 4.65. The molecule has 0 amide bonds. The Labute approximate surface area is 129 Å². The highest BCUT2D eigenvalue weighted by molar-refractivity contribution is 4.96. The van der Waals surface area contributed by atoms with E-state index in [9.17, 15) is 0 Å². The van der Waals surface area contributed by atoms with Crippen molar-refractivity contribution in [3.8, 4) is 0 Å². The van der Waals surface area contributed by atoms with Gasteiger partial charge in [0.2, 0.25) is 0 Å². The van der Waals surface area contributed by atoms with Gasteiger partial charge in [0.1, 0.15) is 0 Å². The molecule has 1 aromatic heterocycles. The van der Waals surface area contributed by atoms with Crippen LogP contribution in [0.5, 0.6) is 0 Å². The van der Waals surface area contributed by atoms with Gasteiger partial charge in [0.25, 0.3) is 0 Å². The van der Waals surface area contributed by atoms with E-state index in [1.165, 1.54) is 12.8 Å². The highest BCUT2D eigenvalue weighted by Gasteiger charge is 2.30. The van der Waals surface area contributed by atoms with Gasteiger partial charge in [0.05, 0.1) is 5.69 Å². The van der Waals surface area contributed by atoms with Crippen molar-refractivity contribution >= 4 is 0 Å². The first kappa shape index (κ1) is 16.4. The maximum Gasteiger partial charge on any atom is 0.0967 e. The average molecular weight is 293 g/mol. The standard InChI is InChI=1S/C16H31N5/c1-6-13(4)16-11-21(10-14-9-20(5)19-18-14)15(8-17-16)7-12(2)3/h9,12-13,15-17H,6-8,10-11H2,1-5H3. The highest BCUT2D eigenvalue weighted by atomic mass is 15.4. The number of piperazine rings is 1. The molecule has 5 nitrogen and oxygen atoms in total. The van der Waals surface area contributed by atoms with Gasteiger partial charge >= 0.3 is 0 Å². The number of hydrogen-bond acceptors (Lipinski definition) is 4. The number of nitrogens with one attached hydrogen (secondary N) is 1. The van der Waals surface area contributed by atoms with Gasteiger partial charge in [-0.2, -0.15) is 0 Å². The predicted molar refractivity (Wildman–Crippen MR) is 85.9 cm³/mol. The summed E-state index contributed by atoms with van der Waals surface area (Å²) in [6.07, 6.45) is 4.50. The highest BCUT2D eigenvalue weighted by Crippen LogP contribution is 2.21. The molecule has 1 fully saturated rings. The Morgan fingerprint density at radius 3 is 2.71 bits per heavy atom. The lowest BCUT2D eigenvalue weighted by Gasteiger charge is -2.42. The quantitative estimate of drug-likeness (QED) is 0.872. The van der Waals surface area contributed by atoms with Crippen molar-refractivity contribution < 1.29 is 0 Å². The molecule has 0 radical (unpaired) electrons. The number of aromatic nitrogens is 3. The van der Waals surface area contributed by atoms with Crippen LogP contribution in [-0.2, 0) is 13.6 Å². The summed E-state index contributed by atoms with van der Waals surface area (Å²) in [5, 5.41) is 12.1. The molecule has 0 spiro atoms. The summed E-state index contributed by atoms with van der Waals surface area (Å²) in [5.41, 5.74) is 1.08. The largest absolute Gasteiger partial charge is 0.311 e. The van der Waals surface area contributed by atoms with E-state index < -0.39 is 0 Å². The third kappa shape index (κ3) is 4.51. The second kappa shape index (κ2) is 7.36. The Morgan fingerprint density at radius 2 is 2.14 bits per heavy atom. The van der Waals surface area contributed by atoms with Crippen LogP contribution in [0.15, 0.2) is 6.20 Å². The van der Waals surface area contributed by atoms with Crippen LogP contribution in [0, 0.1) is 11.8 Å². The molecule has 1 saturated heterocycles. The summed E-state index contributed by atoms with van der Waals surface area (Å²) >= 11 is 0. The molecule has 0 aromatic carbocycles. The maximum absolute atomic E-state index is 4.26. The minimum Gasteiger partial charge on any atom is -0.311 e. The molecule has 3 unspecified atom stereocenters. The molecular formula is C16H31N5. The minimum atomic E-state index is 0.593. The first-order valence-electron chi connectivity index (χ1n) is 8.32. The van der Waals surface area contributed by atoms with Gasteiger partial charge in [-0.1, -0.05) is 39.3 Å². The smallest absolute Gasteiger partial charge is 0.0967 e. The van der Waals surface area contributed by atoms with Crippen LogP contribution in [0.2, 0.25) is 0 Å². The maximum atomic E-state index is 4.26. The molecule has 0 bridgehead atoms. The van der Waals surface area contributed by atoms with Gasteiger partial charge in [0.15, 0.2) is 0 Å². The lowest BCUT2D eigenvalue weighted by Crippen LogP contribution is -2.58. The molecule has 1 aromatic rings. The van der Waals surface area contributed by atoms with Crippen LogP contribution in [0.3, 0.4) is 0 Å². The van der Waals surface area contributed by atoms with E-state index in [2.05, 4.69) is 48.2 Å². The average Bonchev–Trinajstić information content (AvgIpc) is 2.84. The molecule has 3 atom stereocenters. The summed E-state index contributed by atoms with van der Waals surface area (Å²) in [4.78, 5) is 2.61. The third-order valence-electron chi connectivity index (χ3n) is 4.65. The zero-order valence-corrected chi connectivity index (χ0v) is 14.2. The van der Waals surface area contributed by atoms with E-state index >= 15 is 0 Å². The monoisotopic (exact) mass is 293 g/mol. The minimum absolute atomic E-state index is 0.593. The molecule has 1 aliphatic heterocycles. The van der Waals surface area contributed by atoms with E-state index in [0.717, 1.165) is 31.2 Å². The topological polar surface area (TPSA) is 46.0 Å². The first-order chi connectivity index (χ1) is 9.99. The van der Waals surface area contributed by atoms with Crippen molar-refractivity contribution in [2.75, 3.05) is 13.1 Å². The summed E-state index contributed by atoms with van der Waals surface area (Å²) in [5.74, 6) is 1.44. The van der Waals surface area contributed by atoms with Crippen molar-refractivity contribution in [2.24, 2.45) is 18.9 Å². The Balaban J connectivity index is 2.04. The molecule has 1 aliphatic rings. The van der Waals surface area contributed by atoms with Gasteiger partial charge < -0.3 is 5.32 Å². The van der Waals surface area contributed by atoms with Crippen molar-refractivity contribution in [2.45, 2.75) is 59.2 Å². The van der Waals surface area contributed by atoms with Gasteiger partial charge in [-0.15, -0.1) is 5.10 Å². The van der Waals surface area contributed by atoms with Crippen molar-refractivity contribution in [3.63, 3.8) is 0 Å². The Kier molecular flexibility index (Phi) is 5.76. The molecule has 0 saturated carbocycles. The summed E-state index contributed by atoms with van der Waals surface area (Å²) in [7, 11) is 1.93. The van der Waals surface area contributed by atoms with Crippen molar-refractivity contribution in [1.82, 2.24) is 25.2 Å². The van der Waals surface area contributed by atoms with E-state index in [0.29, 0.717) is 18.0 Å². The molecule has 2 heterocycles. The zero-order valence-electron chi connectivity index (χ0n) is 14.2. The molecule has 0 aliphatic carbocycles. The van der Waals surface area contributed by atoms with E-state index in [1.807, 2.05) is 13.2 Å². The second-order valence-corrected chi connectivity index (χ2v) is 7.00. The lowest BCUT2D eigenvalue weighted by atomic mass is 9.92. The number of aryl methyl sites for hydroxylation is 1. The molecule has 5 heteroatoms. The Hall–Kier alpha value is -0.940. The first-order valence-corrected chi connectivity index (χ1v) is 8.32. The molecule has 1 N–H and O–H groups in total. The SMILES string of the molecule is CCC(C)C1CN(Cc2cn(C)nn2)C(CC(C)C)CN1. The van der Waals surface area contributed by atoms with E-state index in [4.69, 9.17) is 0 Å². The summed E-state index contributed by atoms with van der Waals surface area (Å²) < 4.78 is 1.79. The number of nitrogens with zero attached hydrogens (tertiary/aromatic N) is 4. The van der Waals surface area contributed by atoms with E-state index in [1.54, 1.807) is 4.68 Å². The van der Waals surface area contributed by atoms with Crippen molar-refractivity contribution in [1.29, 1.82) is 0 Å². The van der Waals surface area contributed by atoms with Crippen LogP contribution < -0.4 is 5.32 Å². The fraction of sp³-hybridized carbons (Fsp3) is 0.875. The summed E-state index contributed by atoms with van der Waals surface area (Å²) in [6.45, 7) is 12.4.